The van der Waals surface area contributed by atoms with Crippen molar-refractivity contribution in [2.75, 3.05) is 6.61 Å². The molecular formula is C12H17NO3. The second-order valence-electron chi connectivity index (χ2n) is 3.77. The van der Waals surface area contributed by atoms with E-state index >= 15 is 0 Å². The van der Waals surface area contributed by atoms with E-state index in [9.17, 15) is 9.90 Å². The molecule has 1 rings (SSSR count). The molecule has 1 aromatic carbocycles. The summed E-state index contributed by atoms with van der Waals surface area (Å²) in [6.07, 6.45) is -0.282. The fourth-order valence-corrected chi connectivity index (χ4v) is 1.36. The molecule has 0 spiro atoms. The smallest absolute Gasteiger partial charge is 0.220 e. The van der Waals surface area contributed by atoms with E-state index < -0.39 is 6.10 Å². The molecule has 0 heterocycles. The molecule has 3 N–H and O–H groups in total. The van der Waals surface area contributed by atoms with E-state index in [1.54, 1.807) is 19.1 Å². The Kier molecular flexibility index (Phi) is 4.31. The van der Waals surface area contributed by atoms with Crippen molar-refractivity contribution in [3.63, 3.8) is 0 Å². The van der Waals surface area contributed by atoms with Crippen LogP contribution in [0.5, 0.6) is 5.75 Å². The van der Waals surface area contributed by atoms with Gasteiger partial charge in [-0.1, -0.05) is 6.07 Å². The van der Waals surface area contributed by atoms with Crippen LogP contribution >= 0.6 is 0 Å². The van der Waals surface area contributed by atoms with Crippen LogP contribution in [0.2, 0.25) is 0 Å². The van der Waals surface area contributed by atoms with Crippen LogP contribution < -0.4 is 10.5 Å². The molecule has 0 aliphatic carbocycles. The van der Waals surface area contributed by atoms with E-state index in [4.69, 9.17) is 10.5 Å². The van der Waals surface area contributed by atoms with Crippen LogP contribution in [-0.2, 0) is 4.79 Å². The maximum atomic E-state index is 10.5. The van der Waals surface area contributed by atoms with E-state index in [0.29, 0.717) is 5.75 Å². The number of hydrogen-bond donors (Lipinski definition) is 2. The molecule has 0 bridgehead atoms. The van der Waals surface area contributed by atoms with E-state index in [-0.39, 0.29) is 18.9 Å². The highest BCUT2D eigenvalue weighted by Gasteiger charge is 2.05. The molecule has 0 fully saturated rings. The highest BCUT2D eigenvalue weighted by atomic mass is 16.5. The van der Waals surface area contributed by atoms with Crippen LogP contribution in [0.1, 0.15) is 30.6 Å². The third-order valence-electron chi connectivity index (χ3n) is 2.29. The zero-order chi connectivity index (χ0) is 12.1. The molecule has 4 heteroatoms. The summed E-state index contributed by atoms with van der Waals surface area (Å²) in [6.45, 7) is 3.89. The van der Waals surface area contributed by atoms with Gasteiger partial charge in [0.15, 0.2) is 0 Å². The molecule has 0 saturated heterocycles. The number of aliphatic hydroxyl groups is 1. The zero-order valence-corrected chi connectivity index (χ0v) is 9.56. The van der Waals surface area contributed by atoms with Crippen LogP contribution in [0.15, 0.2) is 18.2 Å². The largest absolute Gasteiger partial charge is 0.493 e. The summed E-state index contributed by atoms with van der Waals surface area (Å²) in [7, 11) is 0. The van der Waals surface area contributed by atoms with E-state index in [1.807, 2.05) is 13.0 Å². The highest BCUT2D eigenvalue weighted by Crippen LogP contribution is 2.22. The number of carbonyl (C=O) groups excluding carboxylic acids is 1. The average Bonchev–Trinajstić information content (AvgIpc) is 2.19. The molecule has 4 nitrogen and oxygen atoms in total. The van der Waals surface area contributed by atoms with E-state index in [0.717, 1.165) is 11.1 Å². The molecular weight excluding hydrogens is 206 g/mol. The molecule has 1 amide bonds. The molecule has 88 valence electrons. The standard InChI is InChI=1S/C12H17NO3/c1-8-7-10(9(2)14)3-4-11(8)16-6-5-12(13)15/h3-4,7,9,14H,5-6H2,1-2H3,(H2,13,15)/t9-/m1/s1. The van der Waals surface area contributed by atoms with Gasteiger partial charge in [-0.05, 0) is 37.1 Å². The second-order valence-corrected chi connectivity index (χ2v) is 3.77. The maximum absolute atomic E-state index is 10.5. The van der Waals surface area contributed by atoms with Crippen molar-refractivity contribution in [1.29, 1.82) is 0 Å². The van der Waals surface area contributed by atoms with Crippen LogP contribution in [0.3, 0.4) is 0 Å². The minimum Gasteiger partial charge on any atom is -0.493 e. The predicted molar refractivity (Wildman–Crippen MR) is 61.1 cm³/mol. The number of aliphatic hydroxyl groups excluding tert-OH is 1. The lowest BCUT2D eigenvalue weighted by atomic mass is 10.1. The Balaban J connectivity index is 2.64. The lowest BCUT2D eigenvalue weighted by Crippen LogP contribution is -2.14. The molecule has 1 aromatic rings. The van der Waals surface area contributed by atoms with Crippen molar-refractivity contribution in [2.45, 2.75) is 26.4 Å². The summed E-state index contributed by atoms with van der Waals surface area (Å²) in [5.41, 5.74) is 6.79. The van der Waals surface area contributed by atoms with E-state index in [2.05, 4.69) is 0 Å². The molecule has 16 heavy (non-hydrogen) atoms. The molecule has 0 unspecified atom stereocenters. The van der Waals surface area contributed by atoms with Gasteiger partial charge in [-0.3, -0.25) is 4.79 Å². The fraction of sp³-hybridized carbons (Fsp3) is 0.417. The van der Waals surface area contributed by atoms with Crippen LogP contribution in [0.25, 0.3) is 0 Å². The van der Waals surface area contributed by atoms with Gasteiger partial charge in [-0.15, -0.1) is 0 Å². The van der Waals surface area contributed by atoms with E-state index in [1.165, 1.54) is 0 Å². The molecule has 1 atom stereocenters. The number of benzene rings is 1. The Bertz CT molecular complexity index is 375. The third kappa shape index (κ3) is 3.55. The number of hydrogen-bond acceptors (Lipinski definition) is 3. The quantitative estimate of drug-likeness (QED) is 0.790. The van der Waals surface area contributed by atoms with Crippen molar-refractivity contribution in [1.82, 2.24) is 0 Å². The fourth-order valence-electron chi connectivity index (χ4n) is 1.36. The monoisotopic (exact) mass is 223 g/mol. The Hall–Kier alpha value is -1.55. The Morgan fingerprint density at radius 3 is 2.75 bits per heavy atom. The first-order valence-corrected chi connectivity index (χ1v) is 5.20. The Labute approximate surface area is 95.0 Å². The number of nitrogens with two attached hydrogens (primary N) is 1. The lowest BCUT2D eigenvalue weighted by molar-refractivity contribution is -0.118. The van der Waals surface area contributed by atoms with Gasteiger partial charge in [0.05, 0.1) is 19.1 Å². The van der Waals surface area contributed by atoms with Crippen LogP contribution in [0.4, 0.5) is 0 Å². The number of carbonyl (C=O) groups is 1. The van der Waals surface area contributed by atoms with Crippen molar-refractivity contribution in [2.24, 2.45) is 5.73 Å². The van der Waals surface area contributed by atoms with Crippen LogP contribution in [0, 0.1) is 6.92 Å². The first-order valence-electron chi connectivity index (χ1n) is 5.20. The highest BCUT2D eigenvalue weighted by molar-refractivity contribution is 5.73. The minimum absolute atomic E-state index is 0.206. The summed E-state index contributed by atoms with van der Waals surface area (Å²) < 4.78 is 5.40. The van der Waals surface area contributed by atoms with Gasteiger partial charge in [0, 0.05) is 0 Å². The topological polar surface area (TPSA) is 72.6 Å². The SMILES string of the molecule is Cc1cc([C@@H](C)O)ccc1OCCC(N)=O. The molecule has 0 saturated carbocycles. The average molecular weight is 223 g/mol. The normalized spacial score (nSPS) is 12.2. The van der Waals surface area contributed by atoms with Gasteiger partial charge in [-0.2, -0.15) is 0 Å². The molecule has 0 aliphatic rings. The number of amides is 1. The lowest BCUT2D eigenvalue weighted by Gasteiger charge is -2.11. The molecule has 0 radical (unpaired) electrons. The van der Waals surface area contributed by atoms with Crippen molar-refractivity contribution < 1.29 is 14.6 Å². The van der Waals surface area contributed by atoms with Gasteiger partial charge < -0.3 is 15.6 Å². The first kappa shape index (κ1) is 12.5. The van der Waals surface area contributed by atoms with Gasteiger partial charge in [0.1, 0.15) is 5.75 Å². The maximum Gasteiger partial charge on any atom is 0.220 e. The first-order chi connectivity index (χ1) is 7.50. The third-order valence-corrected chi connectivity index (χ3v) is 2.29. The summed E-state index contributed by atoms with van der Waals surface area (Å²) in [4.78, 5) is 10.5. The predicted octanol–water partition coefficient (Wildman–Crippen LogP) is 1.30. The van der Waals surface area contributed by atoms with Gasteiger partial charge in [0.2, 0.25) is 5.91 Å². The Morgan fingerprint density at radius 2 is 2.25 bits per heavy atom. The van der Waals surface area contributed by atoms with Gasteiger partial charge in [0.25, 0.3) is 0 Å². The van der Waals surface area contributed by atoms with Crippen molar-refractivity contribution in [3.05, 3.63) is 29.3 Å². The number of aryl methyl sites for hydroxylation is 1. The summed E-state index contributed by atoms with van der Waals surface area (Å²) in [6, 6.07) is 5.46. The van der Waals surface area contributed by atoms with Gasteiger partial charge in [-0.25, -0.2) is 0 Å². The summed E-state index contributed by atoms with van der Waals surface area (Å²) in [5, 5.41) is 9.39. The molecule has 0 aliphatic heterocycles. The Morgan fingerprint density at radius 1 is 1.56 bits per heavy atom. The summed E-state index contributed by atoms with van der Waals surface area (Å²) >= 11 is 0. The number of primary amides is 1. The van der Waals surface area contributed by atoms with Crippen molar-refractivity contribution in [3.8, 4) is 5.75 Å². The van der Waals surface area contributed by atoms with Crippen LogP contribution in [-0.4, -0.2) is 17.6 Å². The zero-order valence-electron chi connectivity index (χ0n) is 9.56. The van der Waals surface area contributed by atoms with Crippen molar-refractivity contribution >= 4 is 5.91 Å². The minimum atomic E-state index is -0.488. The molecule has 0 aromatic heterocycles. The second kappa shape index (κ2) is 5.51. The number of rotatable bonds is 5. The number of ether oxygens (including phenoxy) is 1. The summed E-state index contributed by atoms with van der Waals surface area (Å²) in [5.74, 6) is 0.337. The van der Waals surface area contributed by atoms with Gasteiger partial charge >= 0.3 is 0 Å².